The molecule has 1 amide bonds. The molecule has 4 rings (SSSR count). The Hall–Kier alpha value is -3.38. The molecule has 4 aromatic rings. The number of nitrogens with one attached hydrogen (secondary N) is 1. The molecule has 0 radical (unpaired) electrons. The van der Waals surface area contributed by atoms with E-state index in [2.05, 4.69) is 10.3 Å². The second kappa shape index (κ2) is 9.21. The van der Waals surface area contributed by atoms with Gasteiger partial charge in [0.1, 0.15) is 18.6 Å². The first-order valence-electron chi connectivity index (χ1n) is 9.32. The average molecular weight is 404 g/mol. The number of carbonyl (C=O) groups is 1. The summed E-state index contributed by atoms with van der Waals surface area (Å²) in [7, 11) is 0. The summed E-state index contributed by atoms with van der Waals surface area (Å²) in [6.07, 6.45) is 1.71. The van der Waals surface area contributed by atoms with Gasteiger partial charge in [0, 0.05) is 5.56 Å². The molecule has 2 heterocycles. The Morgan fingerprint density at radius 1 is 1.03 bits per heavy atom. The third kappa shape index (κ3) is 4.92. The Bertz CT molecular complexity index is 1060. The second-order valence-corrected chi connectivity index (χ2v) is 7.31. The number of hydrogen-bond donors (Lipinski definition) is 1. The fourth-order valence-corrected chi connectivity index (χ4v) is 3.58. The monoisotopic (exact) mass is 404 g/mol. The van der Waals surface area contributed by atoms with E-state index in [1.54, 1.807) is 11.3 Å². The van der Waals surface area contributed by atoms with Crippen molar-refractivity contribution in [2.75, 3.05) is 13.2 Å². The summed E-state index contributed by atoms with van der Waals surface area (Å²) in [5.74, 6) is 1.23. The second-order valence-electron chi connectivity index (χ2n) is 6.36. The topological polar surface area (TPSA) is 64.4 Å². The number of nitrogens with zero attached hydrogens (tertiary/aromatic N) is 1. The molecule has 1 N–H and O–H groups in total. The summed E-state index contributed by atoms with van der Waals surface area (Å²) in [5.41, 5.74) is 2.74. The lowest BCUT2D eigenvalue weighted by atomic mass is 10.1. The van der Waals surface area contributed by atoms with Crippen molar-refractivity contribution in [3.05, 3.63) is 84.1 Å². The van der Waals surface area contributed by atoms with Crippen LogP contribution in [-0.2, 0) is 11.2 Å². The lowest BCUT2D eigenvalue weighted by Gasteiger charge is -2.12. The van der Waals surface area contributed by atoms with Crippen molar-refractivity contribution in [3.8, 4) is 27.6 Å². The van der Waals surface area contributed by atoms with Crippen LogP contribution in [0.5, 0.6) is 5.75 Å². The first-order chi connectivity index (χ1) is 14.3. The van der Waals surface area contributed by atoms with Gasteiger partial charge in [-0.2, -0.15) is 0 Å². The van der Waals surface area contributed by atoms with Crippen LogP contribution >= 0.6 is 11.3 Å². The van der Waals surface area contributed by atoms with Crippen molar-refractivity contribution in [1.29, 1.82) is 0 Å². The number of amides is 1. The molecule has 0 fully saturated rings. The molecule has 0 bridgehead atoms. The minimum absolute atomic E-state index is 0.115. The van der Waals surface area contributed by atoms with Gasteiger partial charge >= 0.3 is 0 Å². The minimum Gasteiger partial charge on any atom is -0.491 e. The molecule has 0 saturated carbocycles. The van der Waals surface area contributed by atoms with Crippen LogP contribution in [-0.4, -0.2) is 24.0 Å². The van der Waals surface area contributed by atoms with E-state index in [-0.39, 0.29) is 12.3 Å². The zero-order valence-corrected chi connectivity index (χ0v) is 16.5. The summed E-state index contributed by atoms with van der Waals surface area (Å²) in [6.45, 7) is 0.798. The van der Waals surface area contributed by atoms with Gasteiger partial charge in [0.2, 0.25) is 11.8 Å². The fraction of sp³-hybridized carbons (Fsp3) is 0.130. The molecule has 0 spiro atoms. The fourth-order valence-electron chi connectivity index (χ4n) is 2.93. The molecule has 0 aliphatic rings. The van der Waals surface area contributed by atoms with E-state index in [1.165, 1.54) is 6.26 Å². The third-order valence-corrected chi connectivity index (χ3v) is 5.14. The highest BCUT2D eigenvalue weighted by Crippen LogP contribution is 2.29. The van der Waals surface area contributed by atoms with E-state index in [1.807, 2.05) is 72.1 Å². The van der Waals surface area contributed by atoms with Crippen molar-refractivity contribution >= 4 is 17.2 Å². The number of hydrogen-bond acceptors (Lipinski definition) is 5. The van der Waals surface area contributed by atoms with Crippen LogP contribution in [0.1, 0.15) is 5.69 Å². The molecule has 0 atom stereocenters. The first-order valence-corrected chi connectivity index (χ1v) is 10.2. The summed E-state index contributed by atoms with van der Waals surface area (Å²) in [5, 5.41) is 4.82. The van der Waals surface area contributed by atoms with Crippen LogP contribution in [0.2, 0.25) is 0 Å². The molecule has 146 valence electrons. The van der Waals surface area contributed by atoms with Crippen molar-refractivity contribution < 1.29 is 13.9 Å². The van der Waals surface area contributed by atoms with Crippen molar-refractivity contribution in [2.24, 2.45) is 0 Å². The van der Waals surface area contributed by atoms with Crippen molar-refractivity contribution in [2.45, 2.75) is 6.42 Å². The molecule has 0 unspecified atom stereocenters. The van der Waals surface area contributed by atoms with Gasteiger partial charge in [-0.25, -0.2) is 4.98 Å². The van der Waals surface area contributed by atoms with E-state index in [0.29, 0.717) is 24.7 Å². The molecular formula is C23H20N2O3S. The largest absolute Gasteiger partial charge is 0.491 e. The Morgan fingerprint density at radius 3 is 2.69 bits per heavy atom. The molecule has 5 nitrogen and oxygen atoms in total. The van der Waals surface area contributed by atoms with Gasteiger partial charge in [-0.1, -0.05) is 54.6 Å². The van der Waals surface area contributed by atoms with Gasteiger partial charge in [0.25, 0.3) is 0 Å². The maximum absolute atomic E-state index is 12.2. The normalized spacial score (nSPS) is 10.6. The Kier molecular flexibility index (Phi) is 6.02. The zero-order chi connectivity index (χ0) is 19.9. The van der Waals surface area contributed by atoms with E-state index < -0.39 is 0 Å². The Morgan fingerprint density at radius 2 is 1.86 bits per heavy atom. The van der Waals surface area contributed by atoms with Crippen LogP contribution in [0, 0.1) is 0 Å². The zero-order valence-electron chi connectivity index (χ0n) is 15.7. The number of carbonyl (C=O) groups excluding carboxylic acids is 1. The number of thiophene rings is 1. The number of rotatable bonds is 8. The van der Waals surface area contributed by atoms with Crippen LogP contribution in [0.3, 0.4) is 0 Å². The first kappa shape index (κ1) is 19.0. The van der Waals surface area contributed by atoms with Crippen LogP contribution in [0.4, 0.5) is 0 Å². The predicted octanol–water partition coefficient (Wildman–Crippen LogP) is 4.81. The highest BCUT2D eigenvalue weighted by Gasteiger charge is 2.11. The summed E-state index contributed by atoms with van der Waals surface area (Å²) in [4.78, 5) is 17.5. The number of ether oxygens (including phenoxy) is 1. The van der Waals surface area contributed by atoms with Crippen LogP contribution in [0.25, 0.3) is 21.9 Å². The average Bonchev–Trinajstić information content (AvgIpc) is 3.44. The Balaban J connectivity index is 1.27. The molecular weight excluding hydrogens is 384 g/mol. The maximum Gasteiger partial charge on any atom is 0.236 e. The molecule has 29 heavy (non-hydrogen) atoms. The van der Waals surface area contributed by atoms with Crippen LogP contribution < -0.4 is 10.1 Å². The molecule has 2 aromatic heterocycles. The number of benzene rings is 2. The van der Waals surface area contributed by atoms with Gasteiger partial charge in [-0.05, 0) is 23.1 Å². The summed E-state index contributed by atoms with van der Waals surface area (Å²) >= 11 is 1.55. The number of para-hydroxylation sites is 1. The van der Waals surface area contributed by atoms with Gasteiger partial charge in [0.05, 0.1) is 23.5 Å². The number of aromatic nitrogens is 1. The Labute approximate surface area is 173 Å². The van der Waals surface area contributed by atoms with E-state index >= 15 is 0 Å². The molecule has 0 aliphatic heterocycles. The van der Waals surface area contributed by atoms with Gasteiger partial charge in [-0.15, -0.1) is 11.3 Å². The minimum atomic E-state index is -0.115. The number of oxazole rings is 1. The molecule has 2 aromatic carbocycles. The van der Waals surface area contributed by atoms with E-state index in [0.717, 1.165) is 21.8 Å². The summed E-state index contributed by atoms with van der Waals surface area (Å²) in [6, 6.07) is 21.8. The molecule has 6 heteroatoms. The van der Waals surface area contributed by atoms with Crippen LogP contribution in [0.15, 0.2) is 82.8 Å². The maximum atomic E-state index is 12.2. The lowest BCUT2D eigenvalue weighted by molar-refractivity contribution is -0.120. The quantitative estimate of drug-likeness (QED) is 0.428. The van der Waals surface area contributed by atoms with E-state index in [4.69, 9.17) is 9.15 Å². The predicted molar refractivity (Wildman–Crippen MR) is 114 cm³/mol. The van der Waals surface area contributed by atoms with Crippen molar-refractivity contribution in [3.63, 3.8) is 0 Å². The SMILES string of the molecule is O=C(Cc1coc(-c2cccs2)n1)NCCOc1ccccc1-c1ccccc1. The lowest BCUT2D eigenvalue weighted by Crippen LogP contribution is -2.29. The van der Waals surface area contributed by atoms with Gasteiger partial charge in [0.15, 0.2) is 0 Å². The van der Waals surface area contributed by atoms with E-state index in [9.17, 15) is 4.79 Å². The van der Waals surface area contributed by atoms with Gasteiger partial charge in [-0.3, -0.25) is 4.79 Å². The van der Waals surface area contributed by atoms with Gasteiger partial charge < -0.3 is 14.5 Å². The molecule has 0 saturated heterocycles. The highest BCUT2D eigenvalue weighted by atomic mass is 32.1. The summed E-state index contributed by atoms with van der Waals surface area (Å²) < 4.78 is 11.3. The van der Waals surface area contributed by atoms with Crippen molar-refractivity contribution in [1.82, 2.24) is 10.3 Å². The smallest absolute Gasteiger partial charge is 0.236 e. The molecule has 0 aliphatic carbocycles. The highest BCUT2D eigenvalue weighted by molar-refractivity contribution is 7.13. The third-order valence-electron chi connectivity index (χ3n) is 4.28. The standard InChI is InChI=1S/C23H20N2O3S/c26-22(15-18-16-28-23(25-18)21-11-6-14-29-21)24-12-13-27-20-10-5-4-9-19(20)17-7-2-1-3-8-17/h1-11,14,16H,12-13,15H2,(H,24,26).